The zero-order chi connectivity index (χ0) is 25.1. The molecule has 0 aromatic heterocycles. The van der Waals surface area contributed by atoms with E-state index in [1.54, 1.807) is 42.5 Å². The van der Waals surface area contributed by atoms with Gasteiger partial charge < -0.3 is 14.9 Å². The fourth-order valence-electron chi connectivity index (χ4n) is 3.29. The summed E-state index contributed by atoms with van der Waals surface area (Å²) in [4.78, 5) is 39.0. The number of nitrogens with zero attached hydrogens (tertiary/aromatic N) is 1. The normalized spacial score (nSPS) is 14.6. The van der Waals surface area contributed by atoms with E-state index in [0.717, 1.165) is 10.5 Å². The molecule has 3 aromatic carbocycles. The maximum Gasteiger partial charge on any atom is 0.342 e. The predicted octanol–water partition coefficient (Wildman–Crippen LogP) is 6.00. The van der Waals surface area contributed by atoms with Crippen molar-refractivity contribution in [2.75, 3.05) is 0 Å². The molecule has 1 fully saturated rings. The van der Waals surface area contributed by atoms with Crippen LogP contribution in [0.2, 0.25) is 10.0 Å². The zero-order valence-corrected chi connectivity index (χ0v) is 20.2. The Hall–Kier alpha value is -3.46. The Bertz CT molecular complexity index is 1360. The van der Waals surface area contributed by atoms with Crippen molar-refractivity contribution in [2.24, 2.45) is 0 Å². The summed E-state index contributed by atoms with van der Waals surface area (Å²) in [5, 5.41) is 20.5. The third-order valence-electron chi connectivity index (χ3n) is 5.04. The summed E-state index contributed by atoms with van der Waals surface area (Å²) >= 11 is 12.6. The van der Waals surface area contributed by atoms with Gasteiger partial charge in [0, 0.05) is 0 Å². The van der Waals surface area contributed by atoms with Gasteiger partial charge in [0.2, 0.25) is 0 Å². The number of imide groups is 1. The SMILES string of the molecule is O=C(OCc1ccccc1)c1cc(C=C2SC(=O)N(Cc3ccc(Cl)c(Cl)c3)C2=O)cc(O)c1O. The Balaban J connectivity index is 1.54. The number of hydrogen-bond donors (Lipinski definition) is 2. The summed E-state index contributed by atoms with van der Waals surface area (Å²) < 4.78 is 5.23. The molecule has 0 aliphatic carbocycles. The molecule has 7 nitrogen and oxygen atoms in total. The van der Waals surface area contributed by atoms with Crippen LogP contribution in [0.4, 0.5) is 4.79 Å². The van der Waals surface area contributed by atoms with E-state index in [4.69, 9.17) is 27.9 Å². The van der Waals surface area contributed by atoms with E-state index in [2.05, 4.69) is 0 Å². The van der Waals surface area contributed by atoms with Gasteiger partial charge in [-0.05, 0) is 58.8 Å². The molecule has 0 bridgehead atoms. The molecule has 10 heteroatoms. The van der Waals surface area contributed by atoms with Crippen LogP contribution in [0.5, 0.6) is 11.5 Å². The summed E-state index contributed by atoms with van der Waals surface area (Å²) in [6, 6.07) is 16.2. The minimum Gasteiger partial charge on any atom is -0.504 e. The molecular weight excluding hydrogens is 513 g/mol. The Morgan fingerprint density at radius 3 is 2.43 bits per heavy atom. The van der Waals surface area contributed by atoms with Gasteiger partial charge in [-0.15, -0.1) is 0 Å². The first-order valence-corrected chi connectivity index (χ1v) is 11.8. The number of halogens is 2. The number of carbonyl (C=O) groups excluding carboxylic acids is 3. The molecule has 35 heavy (non-hydrogen) atoms. The van der Waals surface area contributed by atoms with Crippen LogP contribution in [0, 0.1) is 0 Å². The number of hydrogen-bond acceptors (Lipinski definition) is 7. The van der Waals surface area contributed by atoms with Gasteiger partial charge in [0.1, 0.15) is 12.2 Å². The highest BCUT2D eigenvalue weighted by atomic mass is 35.5. The molecule has 3 aromatic rings. The van der Waals surface area contributed by atoms with Crippen molar-refractivity contribution in [1.82, 2.24) is 4.90 Å². The number of rotatable bonds is 6. The lowest BCUT2D eigenvalue weighted by Crippen LogP contribution is -2.27. The average Bonchev–Trinajstić information content (AvgIpc) is 3.10. The average molecular weight is 530 g/mol. The summed E-state index contributed by atoms with van der Waals surface area (Å²) in [5.74, 6) is -2.62. The summed E-state index contributed by atoms with van der Waals surface area (Å²) in [7, 11) is 0. The van der Waals surface area contributed by atoms with Gasteiger partial charge in [-0.1, -0.05) is 59.6 Å². The van der Waals surface area contributed by atoms with Crippen molar-refractivity contribution in [2.45, 2.75) is 13.2 Å². The van der Waals surface area contributed by atoms with E-state index in [-0.39, 0.29) is 29.2 Å². The topological polar surface area (TPSA) is 104 Å². The van der Waals surface area contributed by atoms with Gasteiger partial charge in [0.15, 0.2) is 11.5 Å². The molecule has 1 aliphatic rings. The van der Waals surface area contributed by atoms with E-state index in [9.17, 15) is 24.6 Å². The molecule has 0 spiro atoms. The molecule has 0 saturated carbocycles. The van der Waals surface area contributed by atoms with Gasteiger partial charge in [-0.25, -0.2) is 4.79 Å². The number of amides is 2. The third-order valence-corrected chi connectivity index (χ3v) is 6.69. The van der Waals surface area contributed by atoms with Gasteiger partial charge in [0.05, 0.1) is 21.5 Å². The highest BCUT2D eigenvalue weighted by Crippen LogP contribution is 2.37. The zero-order valence-electron chi connectivity index (χ0n) is 17.9. The number of esters is 1. The molecule has 2 N–H and O–H groups in total. The fourth-order valence-corrected chi connectivity index (χ4v) is 4.45. The van der Waals surface area contributed by atoms with Crippen molar-refractivity contribution in [3.05, 3.63) is 97.9 Å². The van der Waals surface area contributed by atoms with Gasteiger partial charge >= 0.3 is 5.97 Å². The van der Waals surface area contributed by atoms with Crippen LogP contribution >= 0.6 is 35.0 Å². The second-order valence-electron chi connectivity index (χ2n) is 7.51. The minimum absolute atomic E-state index is 0.00319. The highest BCUT2D eigenvalue weighted by Gasteiger charge is 2.35. The number of benzene rings is 3. The maximum absolute atomic E-state index is 12.9. The van der Waals surface area contributed by atoms with Crippen LogP contribution in [-0.2, 0) is 22.7 Å². The maximum atomic E-state index is 12.9. The molecule has 1 saturated heterocycles. The molecule has 0 atom stereocenters. The lowest BCUT2D eigenvalue weighted by Gasteiger charge is -2.13. The third kappa shape index (κ3) is 5.62. The summed E-state index contributed by atoms with van der Waals surface area (Å²) in [5.41, 5.74) is 1.32. The smallest absolute Gasteiger partial charge is 0.342 e. The van der Waals surface area contributed by atoms with Crippen LogP contribution in [0.3, 0.4) is 0 Å². The molecule has 4 rings (SSSR count). The Morgan fingerprint density at radius 1 is 0.971 bits per heavy atom. The molecule has 1 heterocycles. The van der Waals surface area contributed by atoms with Crippen LogP contribution in [0.15, 0.2) is 65.6 Å². The summed E-state index contributed by atoms with van der Waals surface area (Å²) in [6.45, 7) is -0.0332. The first-order valence-electron chi connectivity index (χ1n) is 10.2. The first kappa shape index (κ1) is 24.7. The Morgan fingerprint density at radius 2 is 1.71 bits per heavy atom. The predicted molar refractivity (Wildman–Crippen MR) is 133 cm³/mol. The highest BCUT2D eigenvalue weighted by molar-refractivity contribution is 8.18. The van der Waals surface area contributed by atoms with E-state index < -0.39 is 28.6 Å². The Labute approximate surface area is 214 Å². The fraction of sp³-hybridized carbons (Fsp3) is 0.0800. The molecule has 0 unspecified atom stereocenters. The van der Waals surface area contributed by atoms with Gasteiger partial charge in [-0.2, -0.15) is 0 Å². The minimum atomic E-state index is -0.857. The van der Waals surface area contributed by atoms with Crippen LogP contribution in [0.25, 0.3) is 6.08 Å². The molecule has 178 valence electrons. The lowest BCUT2D eigenvalue weighted by atomic mass is 10.1. The molecular formula is C25H17Cl2NO6S. The number of carbonyl (C=O) groups is 3. The molecule has 2 amide bonds. The van der Waals surface area contributed by atoms with Crippen molar-refractivity contribution in [1.29, 1.82) is 0 Å². The standard InChI is InChI=1S/C25H17Cl2NO6S/c26-18-7-6-15(9-19(18)27)12-28-23(31)21(35-25(28)33)11-16-8-17(22(30)20(29)10-16)24(32)34-13-14-4-2-1-3-5-14/h1-11,29-30H,12-13H2. The van der Waals surface area contributed by atoms with Crippen LogP contribution < -0.4 is 0 Å². The quantitative estimate of drug-likeness (QED) is 0.229. The van der Waals surface area contributed by atoms with Gasteiger partial charge in [-0.3, -0.25) is 14.5 Å². The number of thioether (sulfide) groups is 1. The van der Waals surface area contributed by atoms with Crippen molar-refractivity contribution in [3.8, 4) is 11.5 Å². The first-order chi connectivity index (χ1) is 16.7. The van der Waals surface area contributed by atoms with E-state index >= 15 is 0 Å². The van der Waals surface area contributed by atoms with Crippen molar-refractivity contribution >= 4 is 58.2 Å². The number of ether oxygens (including phenoxy) is 1. The van der Waals surface area contributed by atoms with Gasteiger partial charge in [0.25, 0.3) is 11.1 Å². The Kier molecular flexibility index (Phi) is 7.35. The molecule has 1 aliphatic heterocycles. The monoisotopic (exact) mass is 529 g/mol. The van der Waals surface area contributed by atoms with Crippen molar-refractivity contribution < 1.29 is 29.3 Å². The van der Waals surface area contributed by atoms with Crippen LogP contribution in [-0.4, -0.2) is 32.2 Å². The van der Waals surface area contributed by atoms with E-state index in [0.29, 0.717) is 27.4 Å². The van der Waals surface area contributed by atoms with E-state index in [1.807, 2.05) is 6.07 Å². The molecule has 0 radical (unpaired) electrons. The van der Waals surface area contributed by atoms with E-state index in [1.165, 1.54) is 18.2 Å². The number of phenolic OH excluding ortho intramolecular Hbond substituents is 2. The second-order valence-corrected chi connectivity index (χ2v) is 9.32. The second kappa shape index (κ2) is 10.4. The van der Waals surface area contributed by atoms with Crippen LogP contribution in [0.1, 0.15) is 27.0 Å². The summed E-state index contributed by atoms with van der Waals surface area (Å²) in [6.07, 6.45) is 1.35. The number of aromatic hydroxyl groups is 2. The number of phenols is 2. The largest absolute Gasteiger partial charge is 0.504 e. The van der Waals surface area contributed by atoms with Crippen molar-refractivity contribution in [3.63, 3.8) is 0 Å². The lowest BCUT2D eigenvalue weighted by molar-refractivity contribution is -0.123.